The highest BCUT2D eigenvalue weighted by atomic mass is 16.5. The first kappa shape index (κ1) is 9.17. The predicted octanol–water partition coefficient (Wildman–Crippen LogP) is 2.19. The molecular formula is C11H12N2O. The first-order chi connectivity index (χ1) is 6.92. The van der Waals surface area contributed by atoms with Crippen molar-refractivity contribution in [3.8, 4) is 6.07 Å². The van der Waals surface area contributed by atoms with Crippen LogP contribution in [0.2, 0.25) is 0 Å². The van der Waals surface area contributed by atoms with Gasteiger partial charge in [0.2, 0.25) is 0 Å². The van der Waals surface area contributed by atoms with E-state index < -0.39 is 0 Å². The molecule has 1 atom stereocenters. The van der Waals surface area contributed by atoms with Gasteiger partial charge in [-0.15, -0.1) is 0 Å². The van der Waals surface area contributed by atoms with E-state index >= 15 is 0 Å². The highest BCUT2D eigenvalue weighted by Crippen LogP contribution is 2.29. The van der Waals surface area contributed by atoms with Crippen LogP contribution in [0.4, 0.5) is 0 Å². The molecule has 1 aliphatic rings. The molecule has 0 aromatic carbocycles. The number of hydrogen-bond acceptors (Lipinski definition) is 3. The second-order valence-electron chi connectivity index (χ2n) is 3.43. The van der Waals surface area contributed by atoms with E-state index in [1.807, 2.05) is 6.07 Å². The SMILES string of the molecule is N#Cc1cnccc1C1CCCCO1. The molecule has 1 aromatic heterocycles. The minimum absolute atomic E-state index is 0.0985. The third kappa shape index (κ3) is 1.75. The van der Waals surface area contributed by atoms with Gasteiger partial charge in [-0.2, -0.15) is 5.26 Å². The van der Waals surface area contributed by atoms with Gasteiger partial charge in [-0.05, 0) is 25.3 Å². The molecule has 0 aliphatic carbocycles. The molecule has 14 heavy (non-hydrogen) atoms. The number of aromatic nitrogens is 1. The Morgan fingerprint density at radius 3 is 3.14 bits per heavy atom. The highest BCUT2D eigenvalue weighted by molar-refractivity contribution is 5.36. The predicted molar refractivity (Wildman–Crippen MR) is 51.5 cm³/mol. The number of rotatable bonds is 1. The van der Waals surface area contributed by atoms with Crippen molar-refractivity contribution in [3.05, 3.63) is 29.6 Å². The summed E-state index contributed by atoms with van der Waals surface area (Å²) in [5.74, 6) is 0. The number of ether oxygens (including phenoxy) is 1. The van der Waals surface area contributed by atoms with Crippen molar-refractivity contribution in [2.45, 2.75) is 25.4 Å². The van der Waals surface area contributed by atoms with Crippen LogP contribution < -0.4 is 0 Å². The van der Waals surface area contributed by atoms with Gasteiger partial charge in [0.15, 0.2) is 0 Å². The Kier molecular flexibility index (Phi) is 2.76. The van der Waals surface area contributed by atoms with E-state index in [2.05, 4.69) is 11.1 Å². The smallest absolute Gasteiger partial charge is 0.101 e. The van der Waals surface area contributed by atoms with Crippen LogP contribution in [-0.2, 0) is 4.74 Å². The Labute approximate surface area is 83.3 Å². The average Bonchev–Trinajstić information content (AvgIpc) is 2.30. The summed E-state index contributed by atoms with van der Waals surface area (Å²) in [5, 5.41) is 8.90. The fraction of sp³-hybridized carbons (Fsp3) is 0.455. The van der Waals surface area contributed by atoms with Crippen molar-refractivity contribution in [3.63, 3.8) is 0 Å². The topological polar surface area (TPSA) is 45.9 Å². The summed E-state index contributed by atoms with van der Waals surface area (Å²) in [6.07, 6.45) is 6.74. The molecule has 0 radical (unpaired) electrons. The first-order valence-corrected chi connectivity index (χ1v) is 4.87. The molecule has 3 nitrogen and oxygen atoms in total. The maximum Gasteiger partial charge on any atom is 0.101 e. The quantitative estimate of drug-likeness (QED) is 0.678. The minimum atomic E-state index is 0.0985. The van der Waals surface area contributed by atoms with Crippen molar-refractivity contribution in [1.82, 2.24) is 4.98 Å². The summed E-state index contributed by atoms with van der Waals surface area (Å²) in [6.45, 7) is 0.803. The number of hydrogen-bond donors (Lipinski definition) is 0. The summed E-state index contributed by atoms with van der Waals surface area (Å²) in [5.41, 5.74) is 1.63. The highest BCUT2D eigenvalue weighted by Gasteiger charge is 2.18. The lowest BCUT2D eigenvalue weighted by Gasteiger charge is -2.23. The lowest BCUT2D eigenvalue weighted by atomic mass is 9.99. The van der Waals surface area contributed by atoms with Crippen LogP contribution in [0.15, 0.2) is 18.5 Å². The van der Waals surface area contributed by atoms with Crippen LogP contribution in [0.25, 0.3) is 0 Å². The summed E-state index contributed by atoms with van der Waals surface area (Å²) < 4.78 is 5.63. The zero-order chi connectivity index (χ0) is 9.80. The molecule has 1 unspecified atom stereocenters. The van der Waals surface area contributed by atoms with Gasteiger partial charge in [-0.25, -0.2) is 0 Å². The normalized spacial score (nSPS) is 21.5. The lowest BCUT2D eigenvalue weighted by Crippen LogP contribution is -2.12. The van der Waals surface area contributed by atoms with Gasteiger partial charge in [0.1, 0.15) is 6.07 Å². The maximum absolute atomic E-state index is 8.90. The molecule has 0 spiro atoms. The van der Waals surface area contributed by atoms with Crippen LogP contribution in [0.1, 0.15) is 36.5 Å². The number of pyridine rings is 1. The van der Waals surface area contributed by atoms with Gasteiger partial charge < -0.3 is 4.74 Å². The lowest BCUT2D eigenvalue weighted by molar-refractivity contribution is 0.0147. The fourth-order valence-corrected chi connectivity index (χ4v) is 1.77. The first-order valence-electron chi connectivity index (χ1n) is 4.87. The Bertz CT molecular complexity index is 351. The third-order valence-electron chi connectivity index (χ3n) is 2.50. The van der Waals surface area contributed by atoms with Crippen LogP contribution >= 0.6 is 0 Å². The second kappa shape index (κ2) is 4.21. The molecule has 72 valence electrons. The van der Waals surface area contributed by atoms with E-state index in [1.165, 1.54) is 6.42 Å². The summed E-state index contributed by atoms with van der Waals surface area (Å²) >= 11 is 0. The van der Waals surface area contributed by atoms with Crippen LogP contribution in [-0.4, -0.2) is 11.6 Å². The third-order valence-corrected chi connectivity index (χ3v) is 2.50. The molecule has 0 amide bonds. The summed E-state index contributed by atoms with van der Waals surface area (Å²) in [7, 11) is 0. The number of nitrogens with zero attached hydrogens (tertiary/aromatic N) is 2. The molecule has 1 fully saturated rings. The Balaban J connectivity index is 2.26. The Morgan fingerprint density at radius 2 is 2.43 bits per heavy atom. The summed E-state index contributed by atoms with van der Waals surface area (Å²) in [6, 6.07) is 4.03. The summed E-state index contributed by atoms with van der Waals surface area (Å²) in [4.78, 5) is 3.93. The Hall–Kier alpha value is -1.40. The van der Waals surface area contributed by atoms with Gasteiger partial charge in [-0.3, -0.25) is 4.98 Å². The number of nitriles is 1. The zero-order valence-corrected chi connectivity index (χ0v) is 7.94. The van der Waals surface area contributed by atoms with Crippen molar-refractivity contribution in [2.24, 2.45) is 0 Å². The molecule has 2 heterocycles. The molecule has 1 saturated heterocycles. The van der Waals surface area contributed by atoms with E-state index in [0.29, 0.717) is 5.56 Å². The molecular weight excluding hydrogens is 176 g/mol. The standard InChI is InChI=1S/C11H12N2O/c12-7-9-8-13-5-4-10(9)11-3-1-2-6-14-11/h4-5,8,11H,1-3,6H2. The van der Waals surface area contributed by atoms with Crippen molar-refractivity contribution < 1.29 is 4.74 Å². The molecule has 0 bridgehead atoms. The molecule has 1 aromatic rings. The van der Waals surface area contributed by atoms with Crippen molar-refractivity contribution in [2.75, 3.05) is 6.61 Å². The van der Waals surface area contributed by atoms with E-state index in [1.54, 1.807) is 12.4 Å². The largest absolute Gasteiger partial charge is 0.373 e. The van der Waals surface area contributed by atoms with Gasteiger partial charge in [-0.1, -0.05) is 0 Å². The van der Waals surface area contributed by atoms with Crippen LogP contribution in [0.5, 0.6) is 0 Å². The molecule has 0 saturated carbocycles. The van der Waals surface area contributed by atoms with E-state index in [4.69, 9.17) is 10.00 Å². The molecule has 2 rings (SSSR count). The average molecular weight is 188 g/mol. The van der Waals surface area contributed by atoms with E-state index in [0.717, 1.165) is 25.0 Å². The van der Waals surface area contributed by atoms with Gasteiger partial charge in [0.05, 0.1) is 11.7 Å². The van der Waals surface area contributed by atoms with Gasteiger partial charge in [0.25, 0.3) is 0 Å². The van der Waals surface area contributed by atoms with E-state index in [-0.39, 0.29) is 6.10 Å². The van der Waals surface area contributed by atoms with Crippen LogP contribution in [0, 0.1) is 11.3 Å². The Morgan fingerprint density at radius 1 is 1.50 bits per heavy atom. The fourth-order valence-electron chi connectivity index (χ4n) is 1.77. The maximum atomic E-state index is 8.90. The van der Waals surface area contributed by atoms with E-state index in [9.17, 15) is 0 Å². The molecule has 3 heteroatoms. The zero-order valence-electron chi connectivity index (χ0n) is 7.94. The van der Waals surface area contributed by atoms with Gasteiger partial charge in [0, 0.05) is 24.6 Å². The monoisotopic (exact) mass is 188 g/mol. The molecule has 1 aliphatic heterocycles. The second-order valence-corrected chi connectivity index (χ2v) is 3.43. The minimum Gasteiger partial charge on any atom is -0.373 e. The van der Waals surface area contributed by atoms with Crippen molar-refractivity contribution in [1.29, 1.82) is 5.26 Å². The van der Waals surface area contributed by atoms with Crippen molar-refractivity contribution >= 4 is 0 Å². The van der Waals surface area contributed by atoms with Crippen LogP contribution in [0.3, 0.4) is 0 Å². The molecule has 0 N–H and O–H groups in total. The van der Waals surface area contributed by atoms with Gasteiger partial charge >= 0.3 is 0 Å².